The summed E-state index contributed by atoms with van der Waals surface area (Å²) >= 11 is 2.01. The second-order valence-corrected chi connectivity index (χ2v) is 10.9. The molecule has 1 amide bonds. The second-order valence-electron chi connectivity index (χ2n) is 9.43. The van der Waals surface area contributed by atoms with Crippen molar-refractivity contribution < 1.29 is 9.53 Å². The third-order valence-corrected chi connectivity index (χ3v) is 9.05. The maximum absolute atomic E-state index is 12.9. The largest absolute Gasteiger partial charge is 0.495 e. The fraction of sp³-hybridized carbons (Fsp3) is 0.696. The van der Waals surface area contributed by atoms with E-state index >= 15 is 0 Å². The molecular weight excluding hydrogens is 368 g/mol. The molecule has 0 radical (unpaired) electrons. The number of benzene rings is 1. The van der Waals surface area contributed by atoms with E-state index in [1.165, 1.54) is 38.5 Å². The molecule has 1 aliphatic heterocycles. The number of amides is 1. The van der Waals surface area contributed by atoms with Gasteiger partial charge in [0.05, 0.1) is 18.6 Å². The Morgan fingerprint density at radius 3 is 2.25 bits per heavy atom. The first-order valence-electron chi connectivity index (χ1n) is 10.9. The number of anilines is 1. The van der Waals surface area contributed by atoms with Crippen molar-refractivity contribution in [2.45, 2.75) is 43.3 Å². The summed E-state index contributed by atoms with van der Waals surface area (Å²) in [5.74, 6) is 4.82. The molecule has 5 heteroatoms. The zero-order valence-electron chi connectivity index (χ0n) is 16.9. The molecule has 0 spiro atoms. The van der Waals surface area contributed by atoms with Gasteiger partial charge < -0.3 is 14.5 Å². The molecule has 1 aromatic rings. The SMILES string of the molecule is COc1ccccc1N1CCN(C(=O)CSC23CC4CC(CC(C4)C2)C3)CC1. The molecule has 4 saturated carbocycles. The molecule has 152 valence electrons. The third kappa shape index (κ3) is 3.51. The number of piperazine rings is 1. The smallest absolute Gasteiger partial charge is 0.232 e. The number of thioether (sulfide) groups is 1. The zero-order chi connectivity index (χ0) is 19.1. The molecule has 4 aliphatic carbocycles. The van der Waals surface area contributed by atoms with E-state index < -0.39 is 0 Å². The Morgan fingerprint density at radius 2 is 1.64 bits per heavy atom. The van der Waals surface area contributed by atoms with Crippen LogP contribution < -0.4 is 9.64 Å². The van der Waals surface area contributed by atoms with Gasteiger partial charge in [-0.15, -0.1) is 11.8 Å². The maximum atomic E-state index is 12.9. The van der Waals surface area contributed by atoms with E-state index in [1.807, 2.05) is 23.9 Å². The van der Waals surface area contributed by atoms with Crippen LogP contribution in [0.1, 0.15) is 38.5 Å². The number of nitrogens with zero attached hydrogens (tertiary/aromatic N) is 2. The van der Waals surface area contributed by atoms with Crippen molar-refractivity contribution in [3.05, 3.63) is 24.3 Å². The highest BCUT2D eigenvalue weighted by Crippen LogP contribution is 2.60. The molecular formula is C23H32N2O2S. The predicted molar refractivity (Wildman–Crippen MR) is 115 cm³/mol. The van der Waals surface area contributed by atoms with Gasteiger partial charge >= 0.3 is 0 Å². The van der Waals surface area contributed by atoms with Gasteiger partial charge in [0.15, 0.2) is 0 Å². The molecule has 1 aromatic carbocycles. The van der Waals surface area contributed by atoms with Crippen LogP contribution in [-0.2, 0) is 4.79 Å². The van der Waals surface area contributed by atoms with Crippen molar-refractivity contribution in [3.8, 4) is 5.75 Å². The standard InChI is InChI=1S/C23H32N2O2S/c1-27-21-5-3-2-4-20(21)24-6-8-25(9-7-24)22(26)16-28-23-13-17-10-18(14-23)12-19(11-17)15-23/h2-5,17-19H,6-16H2,1H3. The number of hydrogen-bond donors (Lipinski definition) is 0. The number of para-hydroxylation sites is 2. The Labute approximate surface area is 173 Å². The van der Waals surface area contributed by atoms with E-state index in [0.29, 0.717) is 16.4 Å². The lowest BCUT2D eigenvalue weighted by Crippen LogP contribution is -2.51. The van der Waals surface area contributed by atoms with Crippen molar-refractivity contribution in [2.24, 2.45) is 17.8 Å². The fourth-order valence-corrected chi connectivity index (χ4v) is 8.27. The lowest BCUT2D eigenvalue weighted by atomic mass is 9.56. The van der Waals surface area contributed by atoms with Gasteiger partial charge in [0, 0.05) is 30.9 Å². The fourth-order valence-electron chi connectivity index (χ4n) is 6.60. The summed E-state index contributed by atoms with van der Waals surface area (Å²) in [7, 11) is 1.72. The van der Waals surface area contributed by atoms with Crippen LogP contribution in [0.25, 0.3) is 0 Å². The van der Waals surface area contributed by atoms with Gasteiger partial charge in [-0.25, -0.2) is 0 Å². The summed E-state index contributed by atoms with van der Waals surface area (Å²) in [6, 6.07) is 8.18. The van der Waals surface area contributed by atoms with Gasteiger partial charge in [-0.3, -0.25) is 4.79 Å². The first-order valence-corrected chi connectivity index (χ1v) is 11.9. The summed E-state index contributed by atoms with van der Waals surface area (Å²) in [4.78, 5) is 17.3. The number of carbonyl (C=O) groups is 1. The number of methoxy groups -OCH3 is 1. The van der Waals surface area contributed by atoms with Gasteiger partial charge in [-0.2, -0.15) is 0 Å². The van der Waals surface area contributed by atoms with E-state index in [0.717, 1.165) is 55.4 Å². The van der Waals surface area contributed by atoms with Crippen LogP contribution in [0.15, 0.2) is 24.3 Å². The lowest BCUT2D eigenvalue weighted by molar-refractivity contribution is -0.128. The highest BCUT2D eigenvalue weighted by molar-refractivity contribution is 8.01. The summed E-state index contributed by atoms with van der Waals surface area (Å²) in [5.41, 5.74) is 1.14. The van der Waals surface area contributed by atoms with Crippen LogP contribution in [0.2, 0.25) is 0 Å². The third-order valence-electron chi connectivity index (χ3n) is 7.54. The van der Waals surface area contributed by atoms with Crippen LogP contribution in [0.5, 0.6) is 5.75 Å². The van der Waals surface area contributed by atoms with Gasteiger partial charge in [0.25, 0.3) is 0 Å². The van der Waals surface area contributed by atoms with Crippen LogP contribution in [-0.4, -0.2) is 54.6 Å². The minimum atomic E-state index is 0.348. The van der Waals surface area contributed by atoms with Crippen LogP contribution in [0.3, 0.4) is 0 Å². The van der Waals surface area contributed by atoms with Crippen molar-refractivity contribution in [1.29, 1.82) is 0 Å². The van der Waals surface area contributed by atoms with E-state index in [4.69, 9.17) is 4.74 Å². The minimum absolute atomic E-state index is 0.348. The average Bonchev–Trinajstić information content (AvgIpc) is 2.71. The molecule has 1 heterocycles. The quantitative estimate of drug-likeness (QED) is 0.747. The molecule has 28 heavy (non-hydrogen) atoms. The highest BCUT2D eigenvalue weighted by Gasteiger charge is 2.51. The van der Waals surface area contributed by atoms with Crippen LogP contribution >= 0.6 is 11.8 Å². The second kappa shape index (κ2) is 7.47. The van der Waals surface area contributed by atoms with Gasteiger partial charge in [-0.05, 0) is 68.4 Å². The van der Waals surface area contributed by atoms with Gasteiger partial charge in [0.2, 0.25) is 5.91 Å². The number of ether oxygens (including phenoxy) is 1. The molecule has 0 unspecified atom stereocenters. The van der Waals surface area contributed by atoms with Crippen LogP contribution in [0.4, 0.5) is 5.69 Å². The Morgan fingerprint density at radius 1 is 1.04 bits per heavy atom. The van der Waals surface area contributed by atoms with Crippen molar-refractivity contribution in [1.82, 2.24) is 4.90 Å². The van der Waals surface area contributed by atoms with Gasteiger partial charge in [-0.1, -0.05) is 12.1 Å². The molecule has 0 N–H and O–H groups in total. The predicted octanol–water partition coefficient (Wildman–Crippen LogP) is 4.05. The normalized spacial score (nSPS) is 34.0. The molecule has 0 aromatic heterocycles. The molecule has 1 saturated heterocycles. The molecule has 4 bridgehead atoms. The van der Waals surface area contributed by atoms with E-state index in [9.17, 15) is 4.79 Å². The molecule has 5 aliphatic rings. The first kappa shape index (κ1) is 18.7. The Bertz CT molecular complexity index is 694. The number of rotatable bonds is 5. The highest BCUT2D eigenvalue weighted by atomic mass is 32.2. The van der Waals surface area contributed by atoms with E-state index in [1.54, 1.807) is 7.11 Å². The first-order chi connectivity index (χ1) is 13.6. The van der Waals surface area contributed by atoms with Crippen molar-refractivity contribution in [3.63, 3.8) is 0 Å². The maximum Gasteiger partial charge on any atom is 0.232 e. The average molecular weight is 401 g/mol. The zero-order valence-corrected chi connectivity index (χ0v) is 17.8. The van der Waals surface area contributed by atoms with E-state index in [-0.39, 0.29) is 0 Å². The van der Waals surface area contributed by atoms with Crippen molar-refractivity contribution >= 4 is 23.4 Å². The Kier molecular flexibility index (Phi) is 4.98. The van der Waals surface area contributed by atoms with Crippen molar-refractivity contribution in [2.75, 3.05) is 43.9 Å². The monoisotopic (exact) mass is 400 g/mol. The topological polar surface area (TPSA) is 32.8 Å². The Hall–Kier alpha value is -1.36. The number of hydrogen-bond acceptors (Lipinski definition) is 4. The summed E-state index contributed by atoms with van der Waals surface area (Å²) in [5, 5.41) is 0. The van der Waals surface area contributed by atoms with Gasteiger partial charge in [0.1, 0.15) is 5.75 Å². The summed E-state index contributed by atoms with van der Waals surface area (Å²) in [6.45, 7) is 3.40. The Balaban J connectivity index is 1.15. The molecule has 6 rings (SSSR count). The van der Waals surface area contributed by atoms with Crippen LogP contribution in [0, 0.1) is 17.8 Å². The molecule has 5 fully saturated rings. The summed E-state index contributed by atoms with van der Waals surface area (Å²) in [6.07, 6.45) is 8.53. The molecule has 0 atom stereocenters. The lowest BCUT2D eigenvalue weighted by Gasteiger charge is -2.56. The molecule has 4 nitrogen and oxygen atoms in total. The minimum Gasteiger partial charge on any atom is -0.495 e. The summed E-state index contributed by atoms with van der Waals surface area (Å²) < 4.78 is 5.94. The van der Waals surface area contributed by atoms with E-state index in [2.05, 4.69) is 21.9 Å². The number of carbonyl (C=O) groups excluding carboxylic acids is 1.